The molecule has 0 amide bonds. The smallest absolute Gasteiger partial charge is 0.194 e. The number of hydrogen-bond acceptors (Lipinski definition) is 4. The summed E-state index contributed by atoms with van der Waals surface area (Å²) in [5.74, 6) is -0.469. The zero-order valence-electron chi connectivity index (χ0n) is 16.8. The van der Waals surface area contributed by atoms with Gasteiger partial charge in [0.15, 0.2) is 17.5 Å². The number of piperidine rings is 1. The monoisotopic (exact) mass is 399 g/mol. The van der Waals surface area contributed by atoms with E-state index in [1.807, 2.05) is 6.92 Å². The number of nitrogens with one attached hydrogen (secondary N) is 1. The van der Waals surface area contributed by atoms with E-state index in [4.69, 9.17) is 14.2 Å². The number of aliphatic imine (C=N–C) groups is 1. The fraction of sp³-hybridized carbons (Fsp3) is 0.650. The highest BCUT2D eigenvalue weighted by Crippen LogP contribution is 2.17. The van der Waals surface area contributed by atoms with Gasteiger partial charge in [-0.3, -0.25) is 0 Å². The van der Waals surface area contributed by atoms with E-state index in [0.717, 1.165) is 64.1 Å². The van der Waals surface area contributed by atoms with Crippen LogP contribution in [-0.2, 0) is 9.47 Å². The Kier molecular flexibility index (Phi) is 9.99. The highest BCUT2D eigenvalue weighted by molar-refractivity contribution is 5.80. The molecule has 28 heavy (non-hydrogen) atoms. The average Bonchev–Trinajstić information content (AvgIpc) is 2.69. The molecule has 0 radical (unpaired) electrons. The minimum absolute atomic E-state index is 0.0352. The third kappa shape index (κ3) is 7.59. The lowest BCUT2D eigenvalue weighted by atomic mass is 10.1. The minimum Gasteiger partial charge on any atom is -0.489 e. The van der Waals surface area contributed by atoms with E-state index >= 15 is 0 Å². The Morgan fingerprint density at radius 3 is 2.68 bits per heavy atom. The van der Waals surface area contributed by atoms with Crippen LogP contribution >= 0.6 is 0 Å². The predicted octanol–water partition coefficient (Wildman–Crippen LogP) is 2.83. The van der Waals surface area contributed by atoms with Crippen LogP contribution in [0.5, 0.6) is 5.75 Å². The molecule has 0 aromatic heterocycles. The standard InChI is InChI=1S/C20H31F2N3O3/c1-3-23-20(24-9-14-28-19-6-5-16(21)15-18(19)22)25-10-7-17(8-11-25)27-13-4-12-26-2/h5-6,15,17H,3-4,7-14H2,1-2H3,(H,23,24). The predicted molar refractivity (Wildman–Crippen MR) is 105 cm³/mol. The van der Waals surface area contributed by atoms with E-state index in [1.165, 1.54) is 12.1 Å². The van der Waals surface area contributed by atoms with E-state index in [-0.39, 0.29) is 18.5 Å². The van der Waals surface area contributed by atoms with Crippen LogP contribution in [0.25, 0.3) is 0 Å². The second-order valence-electron chi connectivity index (χ2n) is 6.56. The Balaban J connectivity index is 1.76. The molecule has 2 rings (SSSR count). The second kappa shape index (κ2) is 12.5. The molecule has 0 unspecified atom stereocenters. The Bertz CT molecular complexity index is 608. The Hall–Kier alpha value is -1.93. The van der Waals surface area contributed by atoms with Gasteiger partial charge in [0.2, 0.25) is 0 Å². The summed E-state index contributed by atoms with van der Waals surface area (Å²) < 4.78 is 42.8. The van der Waals surface area contributed by atoms with Crippen molar-refractivity contribution in [1.82, 2.24) is 10.2 Å². The summed E-state index contributed by atoms with van der Waals surface area (Å²) >= 11 is 0. The Labute approximate surface area is 165 Å². The first-order chi connectivity index (χ1) is 13.6. The molecule has 1 aliphatic heterocycles. The van der Waals surface area contributed by atoms with Crippen molar-refractivity contribution in [1.29, 1.82) is 0 Å². The van der Waals surface area contributed by atoms with Crippen molar-refractivity contribution in [2.45, 2.75) is 32.3 Å². The molecule has 1 N–H and O–H groups in total. The molecule has 158 valence electrons. The molecule has 0 atom stereocenters. The van der Waals surface area contributed by atoms with Crippen LogP contribution in [0.2, 0.25) is 0 Å². The van der Waals surface area contributed by atoms with Crippen LogP contribution in [0.1, 0.15) is 26.2 Å². The van der Waals surface area contributed by atoms with Crippen molar-refractivity contribution >= 4 is 5.96 Å². The summed E-state index contributed by atoms with van der Waals surface area (Å²) in [6, 6.07) is 3.27. The summed E-state index contributed by atoms with van der Waals surface area (Å²) in [5.41, 5.74) is 0. The SMILES string of the molecule is CCNC(=NCCOc1ccc(F)cc1F)N1CCC(OCCCOC)CC1. The highest BCUT2D eigenvalue weighted by atomic mass is 19.1. The number of methoxy groups -OCH3 is 1. The zero-order chi connectivity index (χ0) is 20.2. The van der Waals surface area contributed by atoms with Crippen molar-refractivity contribution in [3.63, 3.8) is 0 Å². The van der Waals surface area contributed by atoms with Gasteiger partial charge < -0.3 is 24.4 Å². The van der Waals surface area contributed by atoms with Gasteiger partial charge in [-0.25, -0.2) is 13.8 Å². The lowest BCUT2D eigenvalue weighted by Crippen LogP contribution is -2.47. The molecule has 8 heteroatoms. The summed E-state index contributed by atoms with van der Waals surface area (Å²) in [7, 11) is 1.70. The normalized spacial score (nSPS) is 15.7. The van der Waals surface area contributed by atoms with E-state index in [9.17, 15) is 8.78 Å². The Morgan fingerprint density at radius 2 is 2.00 bits per heavy atom. The molecule has 1 fully saturated rings. The maximum atomic E-state index is 13.6. The van der Waals surface area contributed by atoms with E-state index in [0.29, 0.717) is 6.54 Å². The van der Waals surface area contributed by atoms with Crippen molar-refractivity contribution < 1.29 is 23.0 Å². The molecule has 1 saturated heterocycles. The summed E-state index contributed by atoms with van der Waals surface area (Å²) in [6.07, 6.45) is 3.10. The molecule has 1 aliphatic rings. The minimum atomic E-state index is -0.705. The fourth-order valence-electron chi connectivity index (χ4n) is 3.01. The Morgan fingerprint density at radius 1 is 1.21 bits per heavy atom. The molecule has 0 bridgehead atoms. The third-order valence-corrected chi connectivity index (χ3v) is 4.43. The van der Waals surface area contributed by atoms with Gasteiger partial charge in [0, 0.05) is 46.0 Å². The van der Waals surface area contributed by atoms with Gasteiger partial charge in [0.1, 0.15) is 12.4 Å². The maximum absolute atomic E-state index is 13.6. The largest absolute Gasteiger partial charge is 0.489 e. The number of rotatable bonds is 10. The molecule has 0 aliphatic carbocycles. The van der Waals surface area contributed by atoms with Crippen molar-refractivity contribution in [2.75, 3.05) is 53.1 Å². The number of hydrogen-bond donors (Lipinski definition) is 1. The molecule has 6 nitrogen and oxygen atoms in total. The summed E-state index contributed by atoms with van der Waals surface area (Å²) in [6.45, 7) is 6.57. The van der Waals surface area contributed by atoms with Crippen LogP contribution < -0.4 is 10.1 Å². The van der Waals surface area contributed by atoms with Gasteiger partial charge in [0.05, 0.1) is 12.6 Å². The lowest BCUT2D eigenvalue weighted by Gasteiger charge is -2.34. The zero-order valence-corrected chi connectivity index (χ0v) is 16.8. The van der Waals surface area contributed by atoms with Crippen molar-refractivity contribution in [2.24, 2.45) is 4.99 Å². The highest BCUT2D eigenvalue weighted by Gasteiger charge is 2.21. The molecular weight excluding hydrogens is 368 g/mol. The van der Waals surface area contributed by atoms with Gasteiger partial charge >= 0.3 is 0 Å². The van der Waals surface area contributed by atoms with Gasteiger partial charge in [0.25, 0.3) is 0 Å². The average molecular weight is 399 g/mol. The van der Waals surface area contributed by atoms with Crippen molar-refractivity contribution in [3.8, 4) is 5.75 Å². The molecular formula is C20H31F2N3O3. The number of benzene rings is 1. The van der Waals surface area contributed by atoms with Crippen LogP contribution in [-0.4, -0.2) is 70.1 Å². The first-order valence-corrected chi connectivity index (χ1v) is 9.85. The van der Waals surface area contributed by atoms with E-state index in [2.05, 4.69) is 15.2 Å². The van der Waals surface area contributed by atoms with E-state index in [1.54, 1.807) is 7.11 Å². The van der Waals surface area contributed by atoms with Crippen molar-refractivity contribution in [3.05, 3.63) is 29.8 Å². The molecule has 1 aromatic carbocycles. The molecule has 1 aromatic rings. The summed E-state index contributed by atoms with van der Waals surface area (Å²) in [4.78, 5) is 6.77. The number of ether oxygens (including phenoxy) is 3. The number of likely N-dealkylation sites (tertiary alicyclic amines) is 1. The molecule has 0 spiro atoms. The van der Waals surface area contributed by atoms with Crippen LogP contribution in [0, 0.1) is 11.6 Å². The van der Waals surface area contributed by atoms with Gasteiger partial charge in [-0.2, -0.15) is 0 Å². The maximum Gasteiger partial charge on any atom is 0.194 e. The first kappa shape index (κ1) is 22.4. The lowest BCUT2D eigenvalue weighted by molar-refractivity contribution is 0.00990. The first-order valence-electron chi connectivity index (χ1n) is 9.85. The molecule has 1 heterocycles. The van der Waals surface area contributed by atoms with Gasteiger partial charge in [-0.05, 0) is 38.3 Å². The van der Waals surface area contributed by atoms with Crippen LogP contribution in [0.4, 0.5) is 8.78 Å². The number of nitrogens with zero attached hydrogens (tertiary/aromatic N) is 2. The van der Waals surface area contributed by atoms with Gasteiger partial charge in [-0.1, -0.05) is 0 Å². The van der Waals surface area contributed by atoms with E-state index < -0.39 is 11.6 Å². The second-order valence-corrected chi connectivity index (χ2v) is 6.56. The van der Waals surface area contributed by atoms with Gasteiger partial charge in [-0.15, -0.1) is 0 Å². The topological polar surface area (TPSA) is 55.3 Å². The quantitative estimate of drug-likeness (QED) is 0.373. The number of guanidine groups is 1. The third-order valence-electron chi connectivity index (χ3n) is 4.43. The van der Waals surface area contributed by atoms with Crippen LogP contribution in [0.3, 0.4) is 0 Å². The summed E-state index contributed by atoms with van der Waals surface area (Å²) in [5, 5.41) is 3.28. The number of halogens is 2. The molecule has 0 saturated carbocycles. The fourth-order valence-corrected chi connectivity index (χ4v) is 3.01. The van der Waals surface area contributed by atoms with Crippen LogP contribution in [0.15, 0.2) is 23.2 Å².